The predicted octanol–water partition coefficient (Wildman–Crippen LogP) is 2.83. The van der Waals surface area contributed by atoms with Crippen LogP contribution in [0.3, 0.4) is 0 Å². The zero-order valence-corrected chi connectivity index (χ0v) is 9.98. The van der Waals surface area contributed by atoms with E-state index in [9.17, 15) is 0 Å². The summed E-state index contributed by atoms with van der Waals surface area (Å²) in [6.45, 7) is 7.65. The summed E-state index contributed by atoms with van der Waals surface area (Å²) in [7, 11) is 0. The van der Waals surface area contributed by atoms with Gasteiger partial charge in [-0.1, -0.05) is 36.9 Å². The lowest BCUT2D eigenvalue weighted by molar-refractivity contribution is 0.788. The number of imidazole rings is 1. The van der Waals surface area contributed by atoms with Gasteiger partial charge in [0.2, 0.25) is 4.73 Å². The van der Waals surface area contributed by atoms with Gasteiger partial charge in [-0.15, -0.1) is 0 Å². The molecule has 0 aliphatic rings. The average Bonchev–Trinajstić information content (AvgIpc) is 2.55. The van der Waals surface area contributed by atoms with E-state index < -0.39 is 0 Å². The van der Waals surface area contributed by atoms with E-state index >= 15 is 0 Å². The van der Waals surface area contributed by atoms with E-state index in [-0.39, 0.29) is 5.82 Å². The Labute approximate surface area is 102 Å². The molecule has 2 N–H and O–H groups in total. The molecule has 0 aliphatic carbocycles. The Morgan fingerprint density at radius 2 is 2.06 bits per heavy atom. The third-order valence-electron chi connectivity index (χ3n) is 2.21. The zero-order chi connectivity index (χ0) is 11.5. The molecule has 1 heterocycles. The van der Waals surface area contributed by atoms with Gasteiger partial charge in [0.05, 0.1) is 0 Å². The zero-order valence-electron chi connectivity index (χ0n) is 8.39. The van der Waals surface area contributed by atoms with Crippen LogP contribution in [-0.2, 0) is 6.54 Å². The van der Waals surface area contributed by atoms with Gasteiger partial charge in [-0.25, -0.2) is 0 Å². The van der Waals surface area contributed by atoms with Crippen LogP contribution in [-0.4, -0.2) is 9.55 Å². The molecule has 0 saturated heterocycles. The molecule has 0 amide bonds. The molecule has 0 spiro atoms. The Kier molecular flexibility index (Phi) is 2.93. The molecule has 1 aromatic heterocycles. The Balaban J connectivity index is 2.39. The van der Waals surface area contributed by atoms with Crippen molar-refractivity contribution < 1.29 is 0 Å². The largest absolute Gasteiger partial charge is 0.391 e. The quantitative estimate of drug-likeness (QED) is 0.858. The lowest BCUT2D eigenvalue weighted by atomic mass is 10.2. The minimum Gasteiger partial charge on any atom is -0.391 e. The first-order chi connectivity index (χ1) is 7.72. The molecule has 0 aliphatic heterocycles. The number of benzene rings is 1. The van der Waals surface area contributed by atoms with E-state index in [1.165, 1.54) is 0 Å². The summed E-state index contributed by atoms with van der Waals surface area (Å²) in [5.41, 5.74) is 6.73. The maximum Gasteiger partial charge on any atom is 0.274 e. The van der Waals surface area contributed by atoms with Crippen molar-refractivity contribution >= 4 is 27.6 Å². The molecular formula is C11H9BrN4. The topological polar surface area (TPSA) is 48.2 Å². The second-order valence-electron chi connectivity index (χ2n) is 3.27. The van der Waals surface area contributed by atoms with Gasteiger partial charge in [-0.3, -0.25) is 4.57 Å². The van der Waals surface area contributed by atoms with Gasteiger partial charge in [0.15, 0.2) is 0 Å². The molecule has 0 radical (unpaired) electrons. The van der Waals surface area contributed by atoms with Crippen molar-refractivity contribution in [3.8, 4) is 0 Å². The van der Waals surface area contributed by atoms with Gasteiger partial charge in [0.25, 0.3) is 5.82 Å². The number of hydrogen-bond acceptors (Lipinski definition) is 2. The molecule has 0 saturated carbocycles. The Morgan fingerprint density at radius 1 is 1.38 bits per heavy atom. The van der Waals surface area contributed by atoms with Crippen molar-refractivity contribution in [1.82, 2.24) is 9.55 Å². The smallest absolute Gasteiger partial charge is 0.274 e. The molecule has 2 rings (SSSR count). The maximum absolute atomic E-state index is 7.07. The fourth-order valence-corrected chi connectivity index (χ4v) is 1.94. The number of nitrogen functional groups attached to an aromatic ring is 1. The van der Waals surface area contributed by atoms with E-state index in [4.69, 9.17) is 12.3 Å². The van der Waals surface area contributed by atoms with E-state index in [1.807, 2.05) is 30.3 Å². The summed E-state index contributed by atoms with van der Waals surface area (Å²) < 4.78 is 2.33. The number of nitrogens with two attached hydrogens (primary N) is 1. The number of rotatable bonds is 2. The lowest BCUT2D eigenvalue weighted by Gasteiger charge is -2.02. The van der Waals surface area contributed by atoms with Crippen LogP contribution >= 0.6 is 15.9 Å². The van der Waals surface area contributed by atoms with Gasteiger partial charge in [0.1, 0.15) is 12.4 Å². The third-order valence-corrected chi connectivity index (χ3v) is 2.82. The number of halogens is 1. The maximum atomic E-state index is 7.07. The van der Waals surface area contributed by atoms with Gasteiger partial charge < -0.3 is 10.6 Å². The molecular weight excluding hydrogens is 268 g/mol. The molecule has 16 heavy (non-hydrogen) atoms. The summed E-state index contributed by atoms with van der Waals surface area (Å²) in [5.74, 6) is 0.633. The summed E-state index contributed by atoms with van der Waals surface area (Å²) >= 11 is 3.29. The average molecular weight is 277 g/mol. The van der Waals surface area contributed by atoms with Crippen LogP contribution in [0.1, 0.15) is 5.56 Å². The number of nitrogens with zero attached hydrogens (tertiary/aromatic N) is 3. The van der Waals surface area contributed by atoms with Crippen molar-refractivity contribution in [3.05, 3.63) is 52.0 Å². The Bertz CT molecular complexity index is 539. The van der Waals surface area contributed by atoms with Crippen LogP contribution in [0.2, 0.25) is 0 Å². The fraction of sp³-hybridized carbons (Fsp3) is 0.0909. The number of aromatic nitrogens is 2. The predicted molar refractivity (Wildman–Crippen MR) is 66.1 cm³/mol. The van der Waals surface area contributed by atoms with Crippen molar-refractivity contribution in [2.75, 3.05) is 5.73 Å². The lowest BCUT2D eigenvalue weighted by Crippen LogP contribution is -1.99. The van der Waals surface area contributed by atoms with Crippen molar-refractivity contribution in [3.63, 3.8) is 0 Å². The molecule has 2 aromatic rings. The van der Waals surface area contributed by atoms with E-state index in [2.05, 4.69) is 25.8 Å². The summed E-state index contributed by atoms with van der Waals surface area (Å²) in [6, 6.07) is 9.87. The van der Waals surface area contributed by atoms with Crippen LogP contribution in [0.15, 0.2) is 35.1 Å². The second-order valence-corrected chi connectivity index (χ2v) is 3.98. The van der Waals surface area contributed by atoms with Crippen LogP contribution in [0.25, 0.3) is 4.85 Å². The van der Waals surface area contributed by atoms with Gasteiger partial charge in [-0.2, -0.15) is 4.98 Å². The normalized spacial score (nSPS) is 10.0. The van der Waals surface area contributed by atoms with E-state index in [0.717, 1.165) is 5.56 Å². The minimum absolute atomic E-state index is 0.262. The van der Waals surface area contributed by atoms with Crippen LogP contribution < -0.4 is 5.73 Å². The van der Waals surface area contributed by atoms with Crippen LogP contribution in [0.4, 0.5) is 11.6 Å². The van der Waals surface area contributed by atoms with E-state index in [0.29, 0.717) is 17.1 Å². The van der Waals surface area contributed by atoms with Crippen LogP contribution in [0.5, 0.6) is 0 Å². The number of anilines is 1. The molecule has 0 bridgehead atoms. The number of hydrogen-bond donors (Lipinski definition) is 1. The molecule has 1 aromatic carbocycles. The first-order valence-electron chi connectivity index (χ1n) is 4.65. The van der Waals surface area contributed by atoms with Gasteiger partial charge >= 0.3 is 0 Å². The summed E-state index contributed by atoms with van der Waals surface area (Å²) in [4.78, 5) is 7.40. The molecule has 0 unspecified atom stereocenters. The monoisotopic (exact) mass is 276 g/mol. The minimum atomic E-state index is 0.262. The van der Waals surface area contributed by atoms with Gasteiger partial charge in [-0.05, 0) is 5.56 Å². The van der Waals surface area contributed by atoms with E-state index in [1.54, 1.807) is 4.57 Å². The summed E-state index contributed by atoms with van der Waals surface area (Å²) in [5, 5.41) is 0. The van der Waals surface area contributed by atoms with Gasteiger partial charge in [0, 0.05) is 15.9 Å². The standard InChI is InChI=1S/C11H9BrN4/c1-14-10-9(13)15-11(12)16(10)7-8-5-3-2-4-6-8/h2-6H,7,13H2. The molecule has 80 valence electrons. The SMILES string of the molecule is [C-]#[N+]c1c(N)nc(Br)n1Cc1ccccc1. The molecule has 4 nitrogen and oxygen atoms in total. The highest BCUT2D eigenvalue weighted by atomic mass is 79.9. The highest BCUT2D eigenvalue weighted by Crippen LogP contribution is 2.27. The first-order valence-corrected chi connectivity index (χ1v) is 5.44. The molecule has 0 fully saturated rings. The Hall–Kier alpha value is -1.80. The Morgan fingerprint density at radius 3 is 2.69 bits per heavy atom. The molecule has 0 atom stereocenters. The summed E-state index contributed by atoms with van der Waals surface area (Å²) in [6.07, 6.45) is 0. The third kappa shape index (κ3) is 1.92. The fourth-order valence-electron chi connectivity index (χ4n) is 1.46. The van der Waals surface area contributed by atoms with Crippen LogP contribution in [0, 0.1) is 6.57 Å². The molecule has 5 heteroatoms. The first kappa shape index (κ1) is 10.7. The second kappa shape index (κ2) is 4.37. The highest BCUT2D eigenvalue weighted by Gasteiger charge is 2.14. The van der Waals surface area contributed by atoms with Crippen molar-refractivity contribution in [1.29, 1.82) is 0 Å². The van der Waals surface area contributed by atoms with Crippen molar-refractivity contribution in [2.24, 2.45) is 0 Å². The van der Waals surface area contributed by atoms with Crippen molar-refractivity contribution in [2.45, 2.75) is 6.54 Å². The highest BCUT2D eigenvalue weighted by molar-refractivity contribution is 9.10.